The Hall–Kier alpha value is -3.17. The summed E-state index contributed by atoms with van der Waals surface area (Å²) in [6.45, 7) is 6.72. The lowest BCUT2D eigenvalue weighted by Gasteiger charge is -2.33. The summed E-state index contributed by atoms with van der Waals surface area (Å²) < 4.78 is 34.4. The Morgan fingerprint density at radius 1 is 1.03 bits per heavy atom. The fraction of sp³-hybridized carbons (Fsp3) is 0.333. The highest BCUT2D eigenvalue weighted by molar-refractivity contribution is 7.89. The Morgan fingerprint density at radius 3 is 2.33 bits per heavy atom. The van der Waals surface area contributed by atoms with Crippen LogP contribution in [0.2, 0.25) is 0 Å². The van der Waals surface area contributed by atoms with Crippen LogP contribution in [0.1, 0.15) is 31.0 Å². The molecule has 2 aromatic carbocycles. The van der Waals surface area contributed by atoms with Gasteiger partial charge in [0.05, 0.1) is 10.4 Å². The summed E-state index contributed by atoms with van der Waals surface area (Å²) in [5.41, 5.74) is 2.88. The van der Waals surface area contributed by atoms with Gasteiger partial charge in [0.1, 0.15) is 0 Å². The Labute approximate surface area is 192 Å². The van der Waals surface area contributed by atoms with Crippen molar-refractivity contribution >= 4 is 33.1 Å². The van der Waals surface area contributed by atoms with Crippen LogP contribution in [0.15, 0.2) is 62.6 Å². The topological polar surface area (TPSA) is 92.8 Å². The summed E-state index contributed by atoms with van der Waals surface area (Å²) in [6.07, 6.45) is 3.28. The van der Waals surface area contributed by atoms with E-state index in [1.165, 1.54) is 27.1 Å². The zero-order valence-electron chi connectivity index (χ0n) is 18.9. The van der Waals surface area contributed by atoms with Gasteiger partial charge in [0, 0.05) is 44.4 Å². The van der Waals surface area contributed by atoms with Crippen molar-refractivity contribution in [1.29, 1.82) is 0 Å². The maximum absolute atomic E-state index is 13.2. The highest BCUT2D eigenvalue weighted by Crippen LogP contribution is 2.24. The molecule has 174 valence electrons. The van der Waals surface area contributed by atoms with Gasteiger partial charge in [-0.2, -0.15) is 4.31 Å². The standard InChI is InChI=1S/C24H27N3O5S/c1-17(2)27-21-10-9-20(16-22(21)32-24(27)29)33(30,31)26-14-12-25(13-15-26)23(28)11-8-19-6-4-18(3)5-7-19/h4-11,16-17H,12-15H2,1-3H3. The molecule has 8 nitrogen and oxygen atoms in total. The van der Waals surface area contributed by atoms with Crippen LogP contribution >= 0.6 is 0 Å². The Morgan fingerprint density at radius 2 is 1.70 bits per heavy atom. The largest absolute Gasteiger partial charge is 0.420 e. The maximum Gasteiger partial charge on any atom is 0.420 e. The fourth-order valence-corrected chi connectivity index (χ4v) is 5.35. The number of sulfonamides is 1. The number of hydrogen-bond acceptors (Lipinski definition) is 5. The van der Waals surface area contributed by atoms with Gasteiger partial charge in [-0.05, 0) is 44.5 Å². The van der Waals surface area contributed by atoms with E-state index in [0.29, 0.717) is 18.6 Å². The van der Waals surface area contributed by atoms with Crippen molar-refractivity contribution in [2.24, 2.45) is 0 Å². The number of aryl methyl sites for hydroxylation is 1. The van der Waals surface area contributed by atoms with Crippen LogP contribution in [0.4, 0.5) is 0 Å². The molecule has 0 N–H and O–H groups in total. The van der Waals surface area contributed by atoms with E-state index in [1.807, 2.05) is 45.0 Å². The molecule has 1 aliphatic rings. The first kappa shape index (κ1) is 23.0. The molecule has 1 saturated heterocycles. The van der Waals surface area contributed by atoms with Gasteiger partial charge in [-0.3, -0.25) is 9.36 Å². The van der Waals surface area contributed by atoms with Crippen molar-refractivity contribution in [3.63, 3.8) is 0 Å². The quantitative estimate of drug-likeness (QED) is 0.536. The molecule has 1 aliphatic heterocycles. The molecule has 0 atom stereocenters. The average Bonchev–Trinajstić information content (AvgIpc) is 3.13. The molecule has 9 heteroatoms. The van der Waals surface area contributed by atoms with Crippen LogP contribution in [-0.4, -0.2) is 54.3 Å². The molecule has 0 bridgehead atoms. The fourth-order valence-electron chi connectivity index (χ4n) is 3.91. The Bertz CT molecular complexity index is 1360. The Kier molecular flexibility index (Phi) is 6.27. The molecule has 4 rings (SSSR count). The molecule has 0 unspecified atom stereocenters. The predicted molar refractivity (Wildman–Crippen MR) is 126 cm³/mol. The first-order valence-corrected chi connectivity index (χ1v) is 12.3. The normalized spacial score (nSPS) is 15.7. The van der Waals surface area contributed by atoms with Crippen LogP contribution in [0, 0.1) is 6.92 Å². The molecule has 1 amide bonds. The van der Waals surface area contributed by atoms with Crippen LogP contribution in [0.3, 0.4) is 0 Å². The van der Waals surface area contributed by atoms with E-state index in [9.17, 15) is 18.0 Å². The summed E-state index contributed by atoms with van der Waals surface area (Å²) in [5, 5.41) is 0. The monoisotopic (exact) mass is 469 g/mol. The first-order chi connectivity index (χ1) is 15.7. The van der Waals surface area contributed by atoms with Crippen molar-refractivity contribution in [3.05, 3.63) is 70.2 Å². The lowest BCUT2D eigenvalue weighted by molar-refractivity contribution is -0.127. The van der Waals surface area contributed by atoms with E-state index in [-0.39, 0.29) is 35.5 Å². The molecule has 33 heavy (non-hydrogen) atoms. The maximum atomic E-state index is 13.2. The number of carbonyl (C=O) groups excluding carboxylic acids is 1. The molecule has 0 aliphatic carbocycles. The van der Waals surface area contributed by atoms with Gasteiger partial charge >= 0.3 is 5.76 Å². The highest BCUT2D eigenvalue weighted by atomic mass is 32.2. The summed E-state index contributed by atoms with van der Waals surface area (Å²) in [7, 11) is -3.78. The molecule has 3 aromatic rings. The second-order valence-electron chi connectivity index (χ2n) is 8.43. The molecule has 0 radical (unpaired) electrons. The minimum absolute atomic E-state index is 0.0682. The molecule has 0 spiro atoms. The van der Waals surface area contributed by atoms with Gasteiger partial charge in [0.15, 0.2) is 5.58 Å². The van der Waals surface area contributed by atoms with E-state index in [2.05, 4.69) is 0 Å². The molecule has 1 fully saturated rings. The third-order valence-electron chi connectivity index (χ3n) is 5.78. The molecular formula is C24H27N3O5S. The number of oxazole rings is 1. The number of aromatic nitrogens is 1. The SMILES string of the molecule is Cc1ccc(C=CC(=O)N2CCN(S(=O)(=O)c3ccc4c(c3)oc(=O)n4C(C)C)CC2)cc1. The second-order valence-corrected chi connectivity index (χ2v) is 10.4. The molecule has 0 saturated carbocycles. The minimum atomic E-state index is -3.78. The number of amides is 1. The van der Waals surface area contributed by atoms with E-state index in [0.717, 1.165) is 11.1 Å². The summed E-state index contributed by atoms with van der Waals surface area (Å²) in [5.74, 6) is -0.661. The average molecular weight is 470 g/mol. The zero-order chi connectivity index (χ0) is 23.8. The van der Waals surface area contributed by atoms with Crippen molar-refractivity contribution in [2.75, 3.05) is 26.2 Å². The van der Waals surface area contributed by atoms with E-state index in [1.54, 1.807) is 17.0 Å². The van der Waals surface area contributed by atoms with E-state index >= 15 is 0 Å². The number of hydrogen-bond donors (Lipinski definition) is 0. The third-order valence-corrected chi connectivity index (χ3v) is 7.68. The third kappa shape index (κ3) is 4.65. The summed E-state index contributed by atoms with van der Waals surface area (Å²) in [4.78, 5) is 26.3. The van der Waals surface area contributed by atoms with Gasteiger partial charge in [-0.25, -0.2) is 13.2 Å². The van der Waals surface area contributed by atoms with Crippen LogP contribution < -0.4 is 5.76 Å². The van der Waals surface area contributed by atoms with Gasteiger partial charge in [-0.15, -0.1) is 0 Å². The minimum Gasteiger partial charge on any atom is -0.408 e. The van der Waals surface area contributed by atoms with Gasteiger partial charge in [0.2, 0.25) is 15.9 Å². The van der Waals surface area contributed by atoms with Crippen molar-refractivity contribution in [1.82, 2.24) is 13.8 Å². The van der Waals surface area contributed by atoms with Crippen molar-refractivity contribution < 1.29 is 17.6 Å². The smallest absolute Gasteiger partial charge is 0.408 e. The van der Waals surface area contributed by atoms with Crippen molar-refractivity contribution in [3.8, 4) is 0 Å². The van der Waals surface area contributed by atoms with Gasteiger partial charge in [0.25, 0.3) is 0 Å². The Balaban J connectivity index is 1.45. The predicted octanol–water partition coefficient (Wildman–Crippen LogP) is 3.03. The summed E-state index contributed by atoms with van der Waals surface area (Å²) in [6, 6.07) is 12.2. The van der Waals surface area contributed by atoms with Crippen LogP contribution in [0.5, 0.6) is 0 Å². The van der Waals surface area contributed by atoms with Gasteiger partial charge < -0.3 is 9.32 Å². The lowest BCUT2D eigenvalue weighted by atomic mass is 10.1. The van der Waals surface area contributed by atoms with E-state index < -0.39 is 15.8 Å². The summed E-state index contributed by atoms with van der Waals surface area (Å²) >= 11 is 0. The number of piperazine rings is 1. The number of nitrogens with zero attached hydrogens (tertiary/aromatic N) is 3. The number of rotatable bonds is 5. The highest BCUT2D eigenvalue weighted by Gasteiger charge is 2.30. The lowest BCUT2D eigenvalue weighted by Crippen LogP contribution is -2.50. The van der Waals surface area contributed by atoms with Crippen molar-refractivity contribution in [2.45, 2.75) is 31.7 Å². The van der Waals surface area contributed by atoms with Crippen LogP contribution in [-0.2, 0) is 14.8 Å². The zero-order valence-corrected chi connectivity index (χ0v) is 19.7. The molecule has 2 heterocycles. The number of fused-ring (bicyclic) bond motifs is 1. The van der Waals surface area contributed by atoms with E-state index in [4.69, 9.17) is 4.42 Å². The number of carbonyl (C=O) groups is 1. The molecule has 1 aromatic heterocycles. The van der Waals surface area contributed by atoms with Gasteiger partial charge in [-0.1, -0.05) is 29.8 Å². The molecular weight excluding hydrogens is 442 g/mol. The number of benzene rings is 2. The first-order valence-electron chi connectivity index (χ1n) is 10.9. The van der Waals surface area contributed by atoms with Crippen LogP contribution in [0.25, 0.3) is 17.2 Å². The second kappa shape index (κ2) is 8.99.